The number of para-hydroxylation sites is 1. The van der Waals surface area contributed by atoms with Crippen molar-refractivity contribution in [2.45, 2.75) is 32.0 Å². The van der Waals surface area contributed by atoms with Crippen molar-refractivity contribution < 1.29 is 14.6 Å². The third kappa shape index (κ3) is 2.97. The normalized spacial score (nSPS) is 16.6. The molecule has 0 saturated heterocycles. The number of hydrogen-bond donors (Lipinski definition) is 1. The predicted molar refractivity (Wildman–Crippen MR) is 63.8 cm³/mol. The molecule has 2 unspecified atom stereocenters. The van der Waals surface area contributed by atoms with Gasteiger partial charge >= 0.3 is 0 Å². The van der Waals surface area contributed by atoms with E-state index in [0.717, 1.165) is 11.3 Å². The highest BCUT2D eigenvalue weighted by molar-refractivity contribution is 5.34. The minimum atomic E-state index is -0.899. The molecule has 1 N–H and O–H groups in total. The Morgan fingerprint density at radius 1 is 1.31 bits per heavy atom. The van der Waals surface area contributed by atoms with Crippen LogP contribution in [0.2, 0.25) is 0 Å². The van der Waals surface area contributed by atoms with Crippen LogP contribution >= 0.6 is 0 Å². The summed E-state index contributed by atoms with van der Waals surface area (Å²) in [5.74, 6) is 0.797. The highest BCUT2D eigenvalue weighted by atomic mass is 16.5. The summed E-state index contributed by atoms with van der Waals surface area (Å²) in [6.45, 7) is 3.63. The number of benzene rings is 1. The molecule has 0 aliphatic heterocycles. The molecule has 0 aliphatic rings. The van der Waals surface area contributed by atoms with Crippen LogP contribution in [0.5, 0.6) is 5.75 Å². The second kappa shape index (κ2) is 5.32. The largest absolute Gasteiger partial charge is 0.496 e. The van der Waals surface area contributed by atoms with E-state index in [4.69, 9.17) is 9.47 Å². The molecular formula is C13H20O3. The summed E-state index contributed by atoms with van der Waals surface area (Å²) < 4.78 is 10.4. The fraction of sp³-hybridized carbons (Fsp3) is 0.538. The fourth-order valence-electron chi connectivity index (χ4n) is 1.63. The van der Waals surface area contributed by atoms with Gasteiger partial charge in [-0.15, -0.1) is 0 Å². The maximum absolute atomic E-state index is 10.3. The number of hydrogen-bond acceptors (Lipinski definition) is 3. The Balaban J connectivity index is 2.87. The molecule has 2 atom stereocenters. The predicted octanol–water partition coefficient (Wildman–Crippen LogP) is 2.02. The zero-order valence-corrected chi connectivity index (χ0v) is 10.4. The molecule has 90 valence electrons. The molecule has 0 aromatic heterocycles. The first kappa shape index (κ1) is 13.0. The average molecular weight is 224 g/mol. The molecule has 16 heavy (non-hydrogen) atoms. The lowest BCUT2D eigenvalue weighted by Gasteiger charge is -2.29. The van der Waals surface area contributed by atoms with Gasteiger partial charge in [-0.05, 0) is 25.5 Å². The summed E-state index contributed by atoms with van der Waals surface area (Å²) >= 11 is 0. The minimum Gasteiger partial charge on any atom is -0.496 e. The molecule has 0 fully saturated rings. The van der Waals surface area contributed by atoms with Crippen molar-refractivity contribution in [1.82, 2.24) is 0 Å². The molecule has 0 amide bonds. The van der Waals surface area contributed by atoms with Gasteiger partial charge in [-0.2, -0.15) is 0 Å². The van der Waals surface area contributed by atoms with Crippen LogP contribution in [0.15, 0.2) is 24.3 Å². The molecule has 0 spiro atoms. The SMILES string of the molecule is COc1ccccc1CC(C)(O)C(C)OC. The summed E-state index contributed by atoms with van der Waals surface area (Å²) in [6, 6.07) is 7.70. The van der Waals surface area contributed by atoms with E-state index in [1.165, 1.54) is 0 Å². The minimum absolute atomic E-state index is 0.225. The first-order chi connectivity index (χ1) is 7.51. The van der Waals surface area contributed by atoms with Crippen LogP contribution in [-0.2, 0) is 11.2 Å². The van der Waals surface area contributed by atoms with Gasteiger partial charge in [0.1, 0.15) is 5.75 Å². The second-order valence-corrected chi connectivity index (χ2v) is 4.22. The van der Waals surface area contributed by atoms with Gasteiger partial charge in [0.15, 0.2) is 0 Å². The Hall–Kier alpha value is -1.06. The lowest BCUT2D eigenvalue weighted by molar-refractivity contribution is -0.0717. The molecule has 1 rings (SSSR count). The van der Waals surface area contributed by atoms with Crippen molar-refractivity contribution in [2.24, 2.45) is 0 Å². The molecule has 3 heteroatoms. The molecule has 0 heterocycles. The first-order valence-corrected chi connectivity index (χ1v) is 5.38. The molecule has 0 saturated carbocycles. The maximum Gasteiger partial charge on any atom is 0.122 e. The summed E-state index contributed by atoms with van der Waals surface area (Å²) in [5.41, 5.74) is 0.0857. The van der Waals surface area contributed by atoms with Crippen molar-refractivity contribution in [3.05, 3.63) is 29.8 Å². The molecule has 0 radical (unpaired) electrons. The molecular weight excluding hydrogens is 204 g/mol. The van der Waals surface area contributed by atoms with Gasteiger partial charge < -0.3 is 14.6 Å². The molecule has 3 nitrogen and oxygen atoms in total. The van der Waals surface area contributed by atoms with Crippen molar-refractivity contribution in [3.8, 4) is 5.75 Å². The highest BCUT2D eigenvalue weighted by Crippen LogP contribution is 2.25. The van der Waals surface area contributed by atoms with Gasteiger partial charge in [-0.25, -0.2) is 0 Å². The van der Waals surface area contributed by atoms with Crippen LogP contribution in [0.25, 0.3) is 0 Å². The van der Waals surface area contributed by atoms with E-state index < -0.39 is 5.60 Å². The summed E-state index contributed by atoms with van der Waals surface area (Å²) in [7, 11) is 3.23. The quantitative estimate of drug-likeness (QED) is 0.831. The van der Waals surface area contributed by atoms with Crippen LogP contribution in [0.4, 0.5) is 0 Å². The Morgan fingerprint density at radius 3 is 2.50 bits per heavy atom. The molecule has 1 aromatic rings. The van der Waals surface area contributed by atoms with Crippen LogP contribution in [0.1, 0.15) is 19.4 Å². The molecule has 1 aromatic carbocycles. The van der Waals surface area contributed by atoms with Crippen molar-refractivity contribution in [3.63, 3.8) is 0 Å². The topological polar surface area (TPSA) is 38.7 Å². The Kier molecular flexibility index (Phi) is 4.33. The van der Waals surface area contributed by atoms with Gasteiger partial charge in [0, 0.05) is 13.5 Å². The van der Waals surface area contributed by atoms with E-state index >= 15 is 0 Å². The van der Waals surface area contributed by atoms with Crippen molar-refractivity contribution in [2.75, 3.05) is 14.2 Å². The zero-order valence-electron chi connectivity index (χ0n) is 10.4. The van der Waals surface area contributed by atoms with Gasteiger partial charge in [0.25, 0.3) is 0 Å². The third-order valence-corrected chi connectivity index (χ3v) is 2.97. The zero-order chi connectivity index (χ0) is 12.2. The van der Waals surface area contributed by atoms with Gasteiger partial charge in [0.2, 0.25) is 0 Å². The van der Waals surface area contributed by atoms with Crippen molar-refractivity contribution >= 4 is 0 Å². The fourth-order valence-corrected chi connectivity index (χ4v) is 1.63. The van der Waals surface area contributed by atoms with Crippen LogP contribution in [-0.4, -0.2) is 31.0 Å². The molecule has 0 aliphatic carbocycles. The summed E-state index contributed by atoms with van der Waals surface area (Å²) in [4.78, 5) is 0. The molecule has 0 bridgehead atoms. The lowest BCUT2D eigenvalue weighted by Crippen LogP contribution is -2.40. The Labute approximate surface area is 97.0 Å². The van der Waals surface area contributed by atoms with Crippen LogP contribution < -0.4 is 4.74 Å². The number of rotatable bonds is 5. The van der Waals surface area contributed by atoms with Gasteiger partial charge in [-0.1, -0.05) is 18.2 Å². The number of methoxy groups -OCH3 is 2. The average Bonchev–Trinajstić information content (AvgIpc) is 2.28. The van der Waals surface area contributed by atoms with E-state index in [-0.39, 0.29) is 6.10 Å². The monoisotopic (exact) mass is 224 g/mol. The lowest BCUT2D eigenvalue weighted by atomic mass is 9.91. The second-order valence-electron chi connectivity index (χ2n) is 4.22. The summed E-state index contributed by atoms with van der Waals surface area (Å²) in [6.07, 6.45) is 0.281. The van der Waals surface area contributed by atoms with E-state index in [0.29, 0.717) is 6.42 Å². The third-order valence-electron chi connectivity index (χ3n) is 2.97. The van der Waals surface area contributed by atoms with E-state index in [1.807, 2.05) is 31.2 Å². The number of ether oxygens (including phenoxy) is 2. The van der Waals surface area contributed by atoms with E-state index in [2.05, 4.69) is 0 Å². The van der Waals surface area contributed by atoms with Gasteiger partial charge in [0.05, 0.1) is 18.8 Å². The summed E-state index contributed by atoms with van der Waals surface area (Å²) in [5, 5.41) is 10.3. The van der Waals surface area contributed by atoms with E-state index in [1.54, 1.807) is 21.1 Å². The van der Waals surface area contributed by atoms with E-state index in [9.17, 15) is 5.11 Å². The van der Waals surface area contributed by atoms with Gasteiger partial charge in [-0.3, -0.25) is 0 Å². The standard InChI is InChI=1S/C13H20O3/c1-10(15-3)13(2,14)9-11-7-5-6-8-12(11)16-4/h5-8,10,14H,9H2,1-4H3. The smallest absolute Gasteiger partial charge is 0.122 e. The Bertz CT molecular complexity index is 334. The highest BCUT2D eigenvalue weighted by Gasteiger charge is 2.29. The van der Waals surface area contributed by atoms with Crippen LogP contribution in [0, 0.1) is 0 Å². The van der Waals surface area contributed by atoms with Crippen molar-refractivity contribution in [1.29, 1.82) is 0 Å². The van der Waals surface area contributed by atoms with Crippen LogP contribution in [0.3, 0.4) is 0 Å². The first-order valence-electron chi connectivity index (χ1n) is 5.38. The Morgan fingerprint density at radius 2 is 1.94 bits per heavy atom. The maximum atomic E-state index is 10.3. The number of aliphatic hydroxyl groups is 1.